The number of hydrogen-bond acceptors (Lipinski definition) is 3. The van der Waals surface area contributed by atoms with Crippen molar-refractivity contribution in [2.45, 2.75) is 33.6 Å². The van der Waals surface area contributed by atoms with Gasteiger partial charge in [-0.3, -0.25) is 9.48 Å². The molecular formula is C14H17ClN2OS. The molecule has 0 bridgehead atoms. The van der Waals surface area contributed by atoms with Gasteiger partial charge in [0.25, 0.3) is 0 Å². The third kappa shape index (κ3) is 2.74. The molecule has 0 saturated carbocycles. The number of hydrogen-bond donors (Lipinski definition) is 0. The second-order valence-corrected chi connectivity index (χ2v) is 6.27. The van der Waals surface area contributed by atoms with Crippen molar-refractivity contribution in [3.05, 3.63) is 37.8 Å². The normalized spacial score (nSPS) is 11.0. The second-order valence-electron chi connectivity index (χ2n) is 4.63. The lowest BCUT2D eigenvalue weighted by Crippen LogP contribution is -2.07. The van der Waals surface area contributed by atoms with Crippen LogP contribution in [0.5, 0.6) is 0 Å². The number of ketones is 1. The van der Waals surface area contributed by atoms with Crippen molar-refractivity contribution < 1.29 is 4.79 Å². The zero-order valence-corrected chi connectivity index (χ0v) is 13.2. The van der Waals surface area contributed by atoms with E-state index in [4.69, 9.17) is 11.6 Å². The molecule has 0 aliphatic carbocycles. The third-order valence-electron chi connectivity index (χ3n) is 3.27. The molecule has 0 aliphatic heterocycles. The molecule has 0 unspecified atom stereocenters. The summed E-state index contributed by atoms with van der Waals surface area (Å²) in [5.41, 5.74) is 2.82. The number of nitrogens with zero attached hydrogens (tertiary/aromatic N) is 2. The maximum atomic E-state index is 12.3. The van der Waals surface area contributed by atoms with Crippen LogP contribution in [0.4, 0.5) is 0 Å². The fourth-order valence-corrected chi connectivity index (χ4v) is 3.29. The minimum absolute atomic E-state index is 0.105. The van der Waals surface area contributed by atoms with Gasteiger partial charge in [0, 0.05) is 11.9 Å². The van der Waals surface area contributed by atoms with Gasteiger partial charge in [-0.15, -0.1) is 11.3 Å². The van der Waals surface area contributed by atoms with E-state index in [1.165, 1.54) is 10.4 Å². The smallest absolute Gasteiger partial charge is 0.178 e. The second kappa shape index (κ2) is 5.47. The molecule has 0 saturated heterocycles. The van der Waals surface area contributed by atoms with Crippen LogP contribution in [0.15, 0.2) is 6.07 Å². The molecule has 2 rings (SSSR count). The van der Waals surface area contributed by atoms with Crippen molar-refractivity contribution in [3.63, 3.8) is 0 Å². The van der Waals surface area contributed by atoms with Gasteiger partial charge in [0.05, 0.1) is 27.7 Å². The molecule has 5 heteroatoms. The number of carbonyl (C=O) groups is 1. The van der Waals surface area contributed by atoms with Crippen molar-refractivity contribution in [2.24, 2.45) is 7.05 Å². The van der Waals surface area contributed by atoms with Crippen LogP contribution in [0.1, 0.15) is 38.4 Å². The monoisotopic (exact) mass is 296 g/mol. The van der Waals surface area contributed by atoms with Gasteiger partial charge in [0.2, 0.25) is 0 Å². The molecule has 2 aromatic heterocycles. The first-order valence-electron chi connectivity index (χ1n) is 6.24. The van der Waals surface area contributed by atoms with Gasteiger partial charge in [-0.25, -0.2) is 0 Å². The molecular weight excluding hydrogens is 280 g/mol. The van der Waals surface area contributed by atoms with E-state index in [2.05, 4.69) is 5.10 Å². The van der Waals surface area contributed by atoms with Crippen molar-refractivity contribution in [2.75, 3.05) is 0 Å². The van der Waals surface area contributed by atoms with Gasteiger partial charge in [0.15, 0.2) is 5.78 Å². The number of rotatable bonds is 4. The summed E-state index contributed by atoms with van der Waals surface area (Å²) in [4.78, 5) is 14.3. The average Bonchev–Trinajstić information content (AvgIpc) is 2.84. The first-order valence-corrected chi connectivity index (χ1v) is 7.44. The number of thiophene rings is 1. The number of aromatic nitrogens is 2. The largest absolute Gasteiger partial charge is 0.293 e. The number of aryl methyl sites for hydroxylation is 4. The summed E-state index contributed by atoms with van der Waals surface area (Å²) in [6.45, 7) is 6.06. The maximum Gasteiger partial charge on any atom is 0.178 e. The number of Topliss-reactive ketones (excluding diaryl/α,β-unsaturated/α-hetero) is 1. The predicted octanol–water partition coefficient (Wildman–Crippen LogP) is 3.74. The highest BCUT2D eigenvalue weighted by atomic mass is 35.5. The van der Waals surface area contributed by atoms with Gasteiger partial charge >= 0.3 is 0 Å². The molecule has 0 radical (unpaired) electrons. The summed E-state index contributed by atoms with van der Waals surface area (Å²) in [5.74, 6) is 0.105. The van der Waals surface area contributed by atoms with Gasteiger partial charge in [0.1, 0.15) is 0 Å². The van der Waals surface area contributed by atoms with Crippen LogP contribution in [-0.2, 0) is 19.9 Å². The molecule has 0 amide bonds. The van der Waals surface area contributed by atoms with Gasteiger partial charge < -0.3 is 0 Å². The fourth-order valence-electron chi connectivity index (χ4n) is 1.96. The summed E-state index contributed by atoms with van der Waals surface area (Å²) < 4.78 is 1.71. The molecule has 0 N–H and O–H groups in total. The topological polar surface area (TPSA) is 34.9 Å². The molecule has 0 atom stereocenters. The van der Waals surface area contributed by atoms with Crippen LogP contribution in [-0.4, -0.2) is 15.6 Å². The highest BCUT2D eigenvalue weighted by Crippen LogP contribution is 2.25. The Labute approximate surface area is 122 Å². The predicted molar refractivity (Wildman–Crippen MR) is 79.4 cm³/mol. The molecule has 2 aromatic rings. The average molecular weight is 297 g/mol. The van der Waals surface area contributed by atoms with Crippen LogP contribution in [0.25, 0.3) is 0 Å². The lowest BCUT2D eigenvalue weighted by molar-refractivity contribution is 0.0994. The molecule has 0 aromatic carbocycles. The zero-order chi connectivity index (χ0) is 14.2. The summed E-state index contributed by atoms with van der Waals surface area (Å²) in [5, 5.41) is 4.96. The zero-order valence-electron chi connectivity index (χ0n) is 11.6. The number of carbonyl (C=O) groups excluding carboxylic acids is 1. The molecule has 19 heavy (non-hydrogen) atoms. The summed E-state index contributed by atoms with van der Waals surface area (Å²) in [6, 6.07) is 1.95. The van der Waals surface area contributed by atoms with E-state index in [1.54, 1.807) is 16.0 Å². The molecule has 2 heterocycles. The van der Waals surface area contributed by atoms with Crippen LogP contribution < -0.4 is 0 Å². The molecule has 0 aliphatic rings. The van der Waals surface area contributed by atoms with E-state index in [9.17, 15) is 4.79 Å². The molecule has 102 valence electrons. The first-order chi connectivity index (χ1) is 8.93. The van der Waals surface area contributed by atoms with E-state index < -0.39 is 0 Å². The van der Waals surface area contributed by atoms with E-state index in [0.717, 1.165) is 22.7 Å². The summed E-state index contributed by atoms with van der Waals surface area (Å²) >= 11 is 7.81. The number of halogens is 1. The third-order valence-corrected chi connectivity index (χ3v) is 4.90. The lowest BCUT2D eigenvalue weighted by Gasteiger charge is -2.00. The molecule has 0 spiro atoms. The Morgan fingerprint density at radius 3 is 2.63 bits per heavy atom. The standard InChI is InChI=1S/C14H17ClN2OS/c1-5-10-14(15)11(17(4)16-10)7-12(18)13-6-8(2)9(3)19-13/h6H,5,7H2,1-4H3. The van der Waals surface area contributed by atoms with Gasteiger partial charge in [-0.2, -0.15) is 5.10 Å². The molecule has 3 nitrogen and oxygen atoms in total. The quantitative estimate of drug-likeness (QED) is 0.806. The van der Waals surface area contributed by atoms with E-state index in [0.29, 0.717) is 11.4 Å². The highest BCUT2D eigenvalue weighted by Gasteiger charge is 2.18. The van der Waals surface area contributed by atoms with Crippen LogP contribution in [0, 0.1) is 13.8 Å². The van der Waals surface area contributed by atoms with Crippen LogP contribution in [0.2, 0.25) is 5.02 Å². The Morgan fingerprint density at radius 2 is 2.16 bits per heavy atom. The Balaban J connectivity index is 2.26. The summed E-state index contributed by atoms with van der Waals surface area (Å²) in [6.07, 6.45) is 1.08. The SMILES string of the molecule is CCc1nn(C)c(CC(=O)c2cc(C)c(C)s2)c1Cl. The van der Waals surface area contributed by atoms with E-state index in [-0.39, 0.29) is 5.78 Å². The Bertz CT molecular complexity index is 608. The van der Waals surface area contributed by atoms with E-state index in [1.807, 2.05) is 33.9 Å². The fraction of sp³-hybridized carbons (Fsp3) is 0.429. The summed E-state index contributed by atoms with van der Waals surface area (Å²) in [7, 11) is 1.83. The maximum absolute atomic E-state index is 12.3. The Kier molecular flexibility index (Phi) is 4.11. The van der Waals surface area contributed by atoms with Crippen molar-refractivity contribution in [1.29, 1.82) is 0 Å². The van der Waals surface area contributed by atoms with Gasteiger partial charge in [-0.1, -0.05) is 18.5 Å². The Hall–Kier alpha value is -1.13. The Morgan fingerprint density at radius 1 is 1.47 bits per heavy atom. The van der Waals surface area contributed by atoms with Crippen molar-refractivity contribution in [1.82, 2.24) is 9.78 Å². The minimum Gasteiger partial charge on any atom is -0.293 e. The molecule has 0 fully saturated rings. The highest BCUT2D eigenvalue weighted by molar-refractivity contribution is 7.14. The van der Waals surface area contributed by atoms with Crippen molar-refractivity contribution in [3.8, 4) is 0 Å². The lowest BCUT2D eigenvalue weighted by atomic mass is 10.1. The first kappa shape index (κ1) is 14.3. The van der Waals surface area contributed by atoms with E-state index >= 15 is 0 Å². The van der Waals surface area contributed by atoms with Gasteiger partial charge in [-0.05, 0) is 31.9 Å². The van der Waals surface area contributed by atoms with Crippen LogP contribution >= 0.6 is 22.9 Å². The minimum atomic E-state index is 0.105. The van der Waals surface area contributed by atoms with Crippen LogP contribution in [0.3, 0.4) is 0 Å². The van der Waals surface area contributed by atoms with Crippen molar-refractivity contribution >= 4 is 28.7 Å².